The second-order valence-corrected chi connectivity index (χ2v) is 4.37. The van der Waals surface area contributed by atoms with Gasteiger partial charge in [0, 0.05) is 0 Å². The number of thiophene rings is 1. The lowest BCUT2D eigenvalue weighted by atomic mass is 10.5. The SMILES string of the molecule is C[NH2+]Cc1ccc(Br)s1. The summed E-state index contributed by atoms with van der Waals surface area (Å²) < 4.78 is 1.22. The van der Waals surface area contributed by atoms with Crippen LogP contribution in [0.5, 0.6) is 0 Å². The molecule has 0 fully saturated rings. The molecule has 0 amide bonds. The Balaban J connectivity index is 2.61. The van der Waals surface area contributed by atoms with E-state index >= 15 is 0 Å². The fourth-order valence-corrected chi connectivity index (χ4v) is 2.19. The van der Waals surface area contributed by atoms with Crippen molar-refractivity contribution in [2.45, 2.75) is 6.54 Å². The van der Waals surface area contributed by atoms with Crippen molar-refractivity contribution in [3.63, 3.8) is 0 Å². The second-order valence-electron chi connectivity index (χ2n) is 1.82. The lowest BCUT2D eigenvalue weighted by molar-refractivity contribution is -0.642. The van der Waals surface area contributed by atoms with Gasteiger partial charge in [-0.05, 0) is 28.1 Å². The molecule has 0 radical (unpaired) electrons. The summed E-state index contributed by atoms with van der Waals surface area (Å²) in [7, 11) is 2.08. The Labute approximate surface area is 67.2 Å². The molecule has 0 saturated carbocycles. The number of hydrogen-bond acceptors (Lipinski definition) is 1. The molecule has 3 heteroatoms. The van der Waals surface area contributed by atoms with Gasteiger partial charge in [0.15, 0.2) is 0 Å². The first-order valence-corrected chi connectivity index (χ1v) is 4.46. The number of rotatable bonds is 2. The van der Waals surface area contributed by atoms with Gasteiger partial charge in [0.2, 0.25) is 0 Å². The average Bonchev–Trinajstić information content (AvgIpc) is 2.17. The van der Waals surface area contributed by atoms with Crippen LogP contribution < -0.4 is 5.32 Å². The molecular formula is C6H9BrNS+. The summed E-state index contributed by atoms with van der Waals surface area (Å²) in [6, 6.07) is 4.23. The van der Waals surface area contributed by atoms with Crippen LogP contribution in [0.3, 0.4) is 0 Å². The van der Waals surface area contributed by atoms with Crippen LogP contribution in [0.25, 0.3) is 0 Å². The monoisotopic (exact) mass is 206 g/mol. The van der Waals surface area contributed by atoms with Crippen LogP contribution in [-0.4, -0.2) is 7.05 Å². The van der Waals surface area contributed by atoms with E-state index in [1.165, 1.54) is 8.66 Å². The molecule has 0 saturated heterocycles. The fraction of sp³-hybridized carbons (Fsp3) is 0.333. The fourth-order valence-electron chi connectivity index (χ4n) is 0.663. The number of halogens is 1. The maximum Gasteiger partial charge on any atom is 0.110 e. The van der Waals surface area contributed by atoms with Gasteiger partial charge < -0.3 is 5.32 Å². The van der Waals surface area contributed by atoms with Crippen molar-refractivity contribution >= 4 is 27.3 Å². The normalized spacial score (nSPS) is 10.0. The molecule has 1 aromatic heterocycles. The van der Waals surface area contributed by atoms with Crippen molar-refractivity contribution in [3.8, 4) is 0 Å². The van der Waals surface area contributed by atoms with E-state index < -0.39 is 0 Å². The van der Waals surface area contributed by atoms with Gasteiger partial charge >= 0.3 is 0 Å². The smallest absolute Gasteiger partial charge is 0.110 e. The number of nitrogens with two attached hydrogens (primary N) is 1. The highest BCUT2D eigenvalue weighted by Gasteiger charge is 1.95. The predicted octanol–water partition coefficient (Wildman–Crippen LogP) is 1.20. The maximum absolute atomic E-state index is 3.41. The molecule has 2 N–H and O–H groups in total. The van der Waals surface area contributed by atoms with Crippen molar-refractivity contribution < 1.29 is 5.32 Å². The summed E-state index contributed by atoms with van der Waals surface area (Å²) in [4.78, 5) is 1.42. The largest absolute Gasteiger partial charge is 0.344 e. The summed E-state index contributed by atoms with van der Waals surface area (Å²) in [6.45, 7) is 1.09. The topological polar surface area (TPSA) is 16.6 Å². The highest BCUT2D eigenvalue weighted by molar-refractivity contribution is 9.11. The van der Waals surface area contributed by atoms with E-state index in [1.54, 1.807) is 11.3 Å². The van der Waals surface area contributed by atoms with Gasteiger partial charge in [0.1, 0.15) is 6.54 Å². The lowest BCUT2D eigenvalue weighted by Crippen LogP contribution is -2.77. The molecule has 50 valence electrons. The van der Waals surface area contributed by atoms with Gasteiger partial charge in [-0.3, -0.25) is 0 Å². The quantitative estimate of drug-likeness (QED) is 0.750. The molecule has 0 bridgehead atoms. The Hall–Kier alpha value is 0.140. The van der Waals surface area contributed by atoms with Crippen LogP contribution in [-0.2, 0) is 6.54 Å². The minimum absolute atomic E-state index is 1.09. The van der Waals surface area contributed by atoms with E-state index in [4.69, 9.17) is 0 Å². The summed E-state index contributed by atoms with van der Waals surface area (Å²) in [6.07, 6.45) is 0. The van der Waals surface area contributed by atoms with Gasteiger partial charge in [0.25, 0.3) is 0 Å². The predicted molar refractivity (Wildman–Crippen MR) is 43.6 cm³/mol. The average molecular weight is 207 g/mol. The third kappa shape index (κ3) is 2.08. The Morgan fingerprint density at radius 2 is 2.44 bits per heavy atom. The molecule has 9 heavy (non-hydrogen) atoms. The molecule has 1 aromatic rings. The molecule has 1 rings (SSSR count). The molecular weight excluding hydrogens is 198 g/mol. The minimum Gasteiger partial charge on any atom is -0.344 e. The zero-order valence-corrected chi connectivity index (χ0v) is 7.63. The highest BCUT2D eigenvalue weighted by Crippen LogP contribution is 2.20. The van der Waals surface area contributed by atoms with Crippen molar-refractivity contribution in [2.24, 2.45) is 0 Å². The Bertz CT molecular complexity index is 185. The molecule has 0 unspecified atom stereocenters. The minimum atomic E-state index is 1.09. The Morgan fingerprint density at radius 1 is 1.67 bits per heavy atom. The van der Waals surface area contributed by atoms with Crippen LogP contribution in [0.2, 0.25) is 0 Å². The molecule has 0 spiro atoms. The van der Waals surface area contributed by atoms with Crippen molar-refractivity contribution in [3.05, 3.63) is 20.8 Å². The van der Waals surface area contributed by atoms with E-state index in [2.05, 4.69) is 40.4 Å². The van der Waals surface area contributed by atoms with Gasteiger partial charge in [-0.25, -0.2) is 0 Å². The zero-order valence-electron chi connectivity index (χ0n) is 5.23. The maximum atomic E-state index is 3.41. The molecule has 0 atom stereocenters. The number of quaternary nitrogens is 1. The third-order valence-corrected chi connectivity index (χ3v) is 2.68. The van der Waals surface area contributed by atoms with Gasteiger partial charge in [-0.1, -0.05) is 0 Å². The lowest BCUT2D eigenvalue weighted by Gasteiger charge is -1.86. The number of hydrogen-bond donors (Lipinski definition) is 1. The summed E-state index contributed by atoms with van der Waals surface area (Å²) in [5, 5.41) is 2.16. The standard InChI is InChI=1S/C6H8BrNS/c1-8-4-5-2-3-6(7)9-5/h2-3,8H,4H2,1H3/p+1. The van der Waals surface area contributed by atoms with E-state index in [1.807, 2.05) is 0 Å². The van der Waals surface area contributed by atoms with E-state index in [-0.39, 0.29) is 0 Å². The molecule has 0 aliphatic heterocycles. The zero-order chi connectivity index (χ0) is 6.69. The third-order valence-electron chi connectivity index (χ3n) is 1.03. The molecule has 1 nitrogen and oxygen atoms in total. The van der Waals surface area contributed by atoms with Crippen molar-refractivity contribution in [1.82, 2.24) is 0 Å². The van der Waals surface area contributed by atoms with E-state index in [0.717, 1.165) is 6.54 Å². The molecule has 0 aliphatic carbocycles. The van der Waals surface area contributed by atoms with Crippen LogP contribution in [0.4, 0.5) is 0 Å². The molecule has 0 aliphatic rings. The molecule has 0 aromatic carbocycles. The van der Waals surface area contributed by atoms with Crippen LogP contribution in [0, 0.1) is 0 Å². The summed E-state index contributed by atoms with van der Waals surface area (Å²) in [5.41, 5.74) is 0. The first-order chi connectivity index (χ1) is 4.33. The molecule has 1 heterocycles. The van der Waals surface area contributed by atoms with Crippen LogP contribution >= 0.6 is 27.3 Å². The van der Waals surface area contributed by atoms with Crippen LogP contribution in [0.1, 0.15) is 4.88 Å². The first-order valence-electron chi connectivity index (χ1n) is 2.85. The summed E-state index contributed by atoms with van der Waals surface area (Å²) in [5.74, 6) is 0. The van der Waals surface area contributed by atoms with E-state index in [9.17, 15) is 0 Å². The van der Waals surface area contributed by atoms with Crippen molar-refractivity contribution in [1.29, 1.82) is 0 Å². The van der Waals surface area contributed by atoms with Gasteiger partial charge in [-0.15, -0.1) is 11.3 Å². The highest BCUT2D eigenvalue weighted by atomic mass is 79.9. The van der Waals surface area contributed by atoms with Gasteiger partial charge in [0.05, 0.1) is 15.7 Å². The van der Waals surface area contributed by atoms with Gasteiger partial charge in [-0.2, -0.15) is 0 Å². The van der Waals surface area contributed by atoms with Crippen LogP contribution in [0.15, 0.2) is 15.9 Å². The Morgan fingerprint density at radius 3 is 2.89 bits per heavy atom. The second kappa shape index (κ2) is 3.34. The Kier molecular flexibility index (Phi) is 2.69. The van der Waals surface area contributed by atoms with E-state index in [0.29, 0.717) is 0 Å². The summed E-state index contributed by atoms with van der Waals surface area (Å²) >= 11 is 5.20. The first kappa shape index (κ1) is 7.25. The van der Waals surface area contributed by atoms with Crippen molar-refractivity contribution in [2.75, 3.05) is 7.05 Å².